The Morgan fingerprint density at radius 3 is 2.59 bits per heavy atom. The Balaban J connectivity index is 1.89. The molecule has 0 radical (unpaired) electrons. The molecule has 3 rings (SSSR count). The van der Waals surface area contributed by atoms with Crippen molar-refractivity contribution in [3.05, 3.63) is 57.6 Å². The third-order valence-corrected chi connectivity index (χ3v) is 6.09. The minimum atomic E-state index is -3.75. The lowest BCUT2D eigenvalue weighted by atomic mass is 10.2. The largest absolute Gasteiger partial charge is 0.276 e. The molecule has 0 aliphatic carbocycles. The Morgan fingerprint density at radius 1 is 1.22 bits per heavy atom. The van der Waals surface area contributed by atoms with Crippen LogP contribution < -0.4 is 4.72 Å². The number of aryl methyl sites for hydroxylation is 2. The molecule has 0 saturated heterocycles. The van der Waals surface area contributed by atoms with Gasteiger partial charge < -0.3 is 0 Å². The number of anilines is 1. The lowest BCUT2D eigenvalue weighted by Crippen LogP contribution is -2.14. The summed E-state index contributed by atoms with van der Waals surface area (Å²) in [6.07, 6.45) is 2.82. The van der Waals surface area contributed by atoms with Gasteiger partial charge in [-0.25, -0.2) is 8.42 Å². The smallest absolute Gasteiger partial charge is 0.265 e. The van der Waals surface area contributed by atoms with E-state index in [2.05, 4.69) is 14.9 Å². The number of hydrogen-bond donors (Lipinski definition) is 1. The van der Waals surface area contributed by atoms with E-state index >= 15 is 0 Å². The molecule has 1 N–H and O–H groups in total. The van der Waals surface area contributed by atoms with Gasteiger partial charge in [-0.15, -0.1) is 0 Å². The van der Waals surface area contributed by atoms with Crippen molar-refractivity contribution in [1.82, 2.24) is 19.6 Å². The molecule has 0 saturated carbocycles. The van der Waals surface area contributed by atoms with Gasteiger partial charge in [-0.3, -0.25) is 14.1 Å². The van der Waals surface area contributed by atoms with Crippen molar-refractivity contribution in [2.45, 2.75) is 38.8 Å². The van der Waals surface area contributed by atoms with E-state index in [1.165, 1.54) is 12.4 Å². The van der Waals surface area contributed by atoms with Gasteiger partial charge in [-0.2, -0.15) is 10.2 Å². The van der Waals surface area contributed by atoms with Crippen LogP contribution in [0.25, 0.3) is 0 Å². The average Bonchev–Trinajstić information content (AvgIpc) is 3.19. The number of nitrogens with zero attached hydrogens (tertiary/aromatic N) is 4. The first-order chi connectivity index (χ1) is 12.7. The summed E-state index contributed by atoms with van der Waals surface area (Å²) in [5.41, 5.74) is 2.55. The maximum absolute atomic E-state index is 12.7. The van der Waals surface area contributed by atoms with Crippen molar-refractivity contribution < 1.29 is 8.42 Å². The highest BCUT2D eigenvalue weighted by Gasteiger charge is 2.21. The van der Waals surface area contributed by atoms with Crippen LogP contribution in [-0.4, -0.2) is 28.0 Å². The van der Waals surface area contributed by atoms with Crippen LogP contribution in [0.3, 0.4) is 0 Å². The molecule has 0 spiro atoms. The van der Waals surface area contributed by atoms with Crippen molar-refractivity contribution in [2.75, 3.05) is 4.72 Å². The van der Waals surface area contributed by atoms with Gasteiger partial charge in [0.1, 0.15) is 4.90 Å². The third-order valence-electron chi connectivity index (χ3n) is 4.20. The van der Waals surface area contributed by atoms with Crippen molar-refractivity contribution >= 4 is 38.9 Å². The zero-order valence-electron chi connectivity index (χ0n) is 15.1. The molecule has 3 aromatic rings. The normalized spacial score (nSPS) is 11.7. The number of nitrogens with one attached hydrogen (secondary N) is 1. The van der Waals surface area contributed by atoms with Crippen LogP contribution >= 0.6 is 23.2 Å². The Morgan fingerprint density at radius 2 is 1.96 bits per heavy atom. The lowest BCUT2D eigenvalue weighted by Gasteiger charge is -2.09. The van der Waals surface area contributed by atoms with E-state index < -0.39 is 10.0 Å². The number of halogens is 2. The first-order valence-corrected chi connectivity index (χ1v) is 10.5. The molecular formula is C17H19Cl2N5O2S. The maximum atomic E-state index is 12.7. The van der Waals surface area contributed by atoms with Crippen molar-refractivity contribution in [1.29, 1.82) is 0 Å². The molecule has 2 aromatic heterocycles. The van der Waals surface area contributed by atoms with E-state index in [1.54, 1.807) is 35.3 Å². The van der Waals surface area contributed by atoms with Gasteiger partial charge in [-0.1, -0.05) is 29.3 Å². The molecule has 2 heterocycles. The van der Waals surface area contributed by atoms with Crippen LogP contribution in [0.15, 0.2) is 35.5 Å². The number of aromatic nitrogens is 4. The molecular weight excluding hydrogens is 409 g/mol. The Kier molecular flexibility index (Phi) is 5.50. The topological polar surface area (TPSA) is 81.8 Å². The highest BCUT2D eigenvalue weighted by Crippen LogP contribution is 2.26. The van der Waals surface area contributed by atoms with E-state index in [0.717, 1.165) is 5.56 Å². The first kappa shape index (κ1) is 19.7. The summed E-state index contributed by atoms with van der Waals surface area (Å²) in [6.45, 7) is 6.43. The molecule has 0 atom stereocenters. The molecule has 0 fully saturated rings. The summed E-state index contributed by atoms with van der Waals surface area (Å²) in [5.74, 6) is 0. The molecule has 144 valence electrons. The number of rotatable bonds is 6. The molecule has 7 nitrogen and oxygen atoms in total. The highest BCUT2D eigenvalue weighted by atomic mass is 35.5. The van der Waals surface area contributed by atoms with Crippen LogP contribution in [0.1, 0.15) is 23.9 Å². The standard InChI is InChI=1S/C17H19Cl2N5O2S/c1-4-23-10-15(8-20-23)27(25,26)22-17-11(2)21-24(12(17)3)9-13-5-6-14(18)7-16(13)19/h5-8,10,22H,4,9H2,1-3H3. The molecule has 0 unspecified atom stereocenters. The predicted molar refractivity (Wildman–Crippen MR) is 106 cm³/mol. The molecule has 10 heteroatoms. The van der Waals surface area contributed by atoms with Crippen molar-refractivity contribution in [3.63, 3.8) is 0 Å². The summed E-state index contributed by atoms with van der Waals surface area (Å²) in [4.78, 5) is 0.108. The summed E-state index contributed by atoms with van der Waals surface area (Å²) >= 11 is 12.2. The zero-order chi connectivity index (χ0) is 19.8. The Labute approximate surface area is 168 Å². The summed E-state index contributed by atoms with van der Waals surface area (Å²) in [6, 6.07) is 5.24. The van der Waals surface area contributed by atoms with Gasteiger partial charge in [0.25, 0.3) is 10.0 Å². The number of sulfonamides is 1. The number of hydrogen-bond acceptors (Lipinski definition) is 4. The second-order valence-corrected chi connectivity index (χ2v) is 8.60. The van der Waals surface area contributed by atoms with Gasteiger partial charge >= 0.3 is 0 Å². The van der Waals surface area contributed by atoms with Gasteiger partial charge in [0, 0.05) is 22.8 Å². The first-order valence-electron chi connectivity index (χ1n) is 8.24. The van der Waals surface area contributed by atoms with Gasteiger partial charge in [0.15, 0.2) is 0 Å². The van der Waals surface area contributed by atoms with Crippen molar-refractivity contribution in [3.8, 4) is 0 Å². The summed E-state index contributed by atoms with van der Waals surface area (Å²) in [5, 5.41) is 9.55. The summed E-state index contributed by atoms with van der Waals surface area (Å²) < 4.78 is 31.2. The fourth-order valence-electron chi connectivity index (χ4n) is 2.66. The SMILES string of the molecule is CCn1cc(S(=O)(=O)Nc2c(C)nn(Cc3ccc(Cl)cc3Cl)c2C)cn1. The van der Waals surface area contributed by atoms with Crippen LogP contribution in [0, 0.1) is 13.8 Å². The van der Waals surface area contributed by atoms with Gasteiger partial charge in [-0.05, 0) is 38.5 Å². The van der Waals surface area contributed by atoms with Gasteiger partial charge in [0.2, 0.25) is 0 Å². The van der Waals surface area contributed by atoms with Gasteiger partial charge in [0.05, 0.1) is 29.8 Å². The van der Waals surface area contributed by atoms with E-state index in [1.807, 2.05) is 13.0 Å². The van der Waals surface area contributed by atoms with E-state index in [4.69, 9.17) is 23.2 Å². The zero-order valence-corrected chi connectivity index (χ0v) is 17.4. The van der Waals surface area contributed by atoms with E-state index in [-0.39, 0.29) is 4.90 Å². The molecule has 0 aliphatic rings. The van der Waals surface area contributed by atoms with Crippen LogP contribution in [-0.2, 0) is 23.1 Å². The second-order valence-electron chi connectivity index (χ2n) is 6.08. The van der Waals surface area contributed by atoms with E-state index in [0.29, 0.717) is 40.2 Å². The lowest BCUT2D eigenvalue weighted by molar-refractivity contribution is 0.600. The molecule has 0 bridgehead atoms. The van der Waals surface area contributed by atoms with Crippen LogP contribution in [0.4, 0.5) is 5.69 Å². The fraction of sp³-hybridized carbons (Fsp3) is 0.294. The summed E-state index contributed by atoms with van der Waals surface area (Å²) in [7, 11) is -3.75. The molecule has 1 aromatic carbocycles. The van der Waals surface area contributed by atoms with Crippen LogP contribution in [0.5, 0.6) is 0 Å². The predicted octanol–water partition coefficient (Wildman–Crippen LogP) is 3.87. The van der Waals surface area contributed by atoms with Crippen LogP contribution in [0.2, 0.25) is 10.0 Å². The minimum Gasteiger partial charge on any atom is -0.276 e. The highest BCUT2D eigenvalue weighted by molar-refractivity contribution is 7.92. The Bertz CT molecular complexity index is 1090. The fourth-order valence-corrected chi connectivity index (χ4v) is 4.26. The average molecular weight is 428 g/mol. The molecule has 0 aliphatic heterocycles. The monoisotopic (exact) mass is 427 g/mol. The maximum Gasteiger partial charge on any atom is 0.265 e. The van der Waals surface area contributed by atoms with Crippen molar-refractivity contribution in [2.24, 2.45) is 0 Å². The van der Waals surface area contributed by atoms with E-state index in [9.17, 15) is 8.42 Å². The quantitative estimate of drug-likeness (QED) is 0.646. The molecule has 27 heavy (non-hydrogen) atoms. The molecule has 0 amide bonds. The number of benzene rings is 1. The second kappa shape index (κ2) is 7.53. The third kappa shape index (κ3) is 4.12. The minimum absolute atomic E-state index is 0.108. The Hall–Kier alpha value is -2.03.